The van der Waals surface area contributed by atoms with E-state index in [1.807, 2.05) is 29.1 Å². The van der Waals surface area contributed by atoms with Crippen LogP contribution >= 0.6 is 15.9 Å². The Labute approximate surface area is 114 Å². The lowest BCUT2D eigenvalue weighted by Crippen LogP contribution is -1.99. The van der Waals surface area contributed by atoms with Crippen molar-refractivity contribution in [2.45, 2.75) is 26.5 Å². The van der Waals surface area contributed by atoms with E-state index in [2.05, 4.69) is 34.9 Å². The first-order valence-electron chi connectivity index (χ1n) is 5.71. The van der Waals surface area contributed by atoms with Gasteiger partial charge in [-0.2, -0.15) is 5.10 Å². The summed E-state index contributed by atoms with van der Waals surface area (Å²) in [6, 6.07) is 5.79. The van der Waals surface area contributed by atoms with Crippen LogP contribution in [-0.4, -0.2) is 14.9 Å². The first kappa shape index (κ1) is 13.1. The number of nitrogens with zero attached hydrogens (tertiary/aromatic N) is 2. The van der Waals surface area contributed by atoms with Gasteiger partial charge in [0.25, 0.3) is 0 Å². The highest BCUT2D eigenvalue weighted by molar-refractivity contribution is 9.10. The van der Waals surface area contributed by atoms with Crippen molar-refractivity contribution in [1.29, 1.82) is 0 Å². The number of halogens is 1. The van der Waals surface area contributed by atoms with Gasteiger partial charge in [0.2, 0.25) is 0 Å². The Kier molecular flexibility index (Phi) is 4.04. The third kappa shape index (κ3) is 2.91. The van der Waals surface area contributed by atoms with E-state index in [0.717, 1.165) is 10.0 Å². The fraction of sp³-hybridized carbons (Fsp3) is 0.308. The summed E-state index contributed by atoms with van der Waals surface area (Å²) in [4.78, 5) is 0. The Hall–Kier alpha value is -1.33. The van der Waals surface area contributed by atoms with E-state index < -0.39 is 0 Å². The maximum absolute atomic E-state index is 9.08. The minimum Gasteiger partial charge on any atom is -0.454 e. The van der Waals surface area contributed by atoms with Crippen LogP contribution in [-0.2, 0) is 6.61 Å². The van der Waals surface area contributed by atoms with Crippen LogP contribution < -0.4 is 4.74 Å². The number of aliphatic hydroxyl groups is 1. The van der Waals surface area contributed by atoms with Gasteiger partial charge in [0, 0.05) is 10.5 Å². The quantitative estimate of drug-likeness (QED) is 0.940. The van der Waals surface area contributed by atoms with Crippen molar-refractivity contribution >= 4 is 15.9 Å². The molecule has 2 aromatic rings. The minimum atomic E-state index is 0.00610. The van der Waals surface area contributed by atoms with Gasteiger partial charge in [0.05, 0.1) is 19.0 Å². The van der Waals surface area contributed by atoms with E-state index >= 15 is 0 Å². The SMILES string of the molecule is CC(C)n1cc(Oc2ccc(CO)c(Br)c2)cn1. The Balaban J connectivity index is 2.15. The number of ether oxygens (including phenoxy) is 1. The van der Waals surface area contributed by atoms with Gasteiger partial charge in [0.15, 0.2) is 5.75 Å². The predicted octanol–water partition coefficient (Wildman–Crippen LogP) is 3.51. The summed E-state index contributed by atoms with van der Waals surface area (Å²) < 4.78 is 8.37. The van der Waals surface area contributed by atoms with Gasteiger partial charge < -0.3 is 9.84 Å². The highest BCUT2D eigenvalue weighted by atomic mass is 79.9. The van der Waals surface area contributed by atoms with Crippen molar-refractivity contribution in [2.24, 2.45) is 0 Å². The molecule has 18 heavy (non-hydrogen) atoms. The molecule has 0 spiro atoms. The molecular formula is C13H15BrN2O2. The molecule has 0 saturated heterocycles. The molecule has 0 radical (unpaired) electrons. The molecule has 1 aromatic carbocycles. The van der Waals surface area contributed by atoms with E-state index in [1.165, 1.54) is 0 Å². The third-order valence-electron chi connectivity index (χ3n) is 2.54. The summed E-state index contributed by atoms with van der Waals surface area (Å²) in [6.45, 7) is 4.12. The lowest BCUT2D eigenvalue weighted by molar-refractivity contribution is 0.281. The summed E-state index contributed by atoms with van der Waals surface area (Å²) in [5.74, 6) is 1.41. The van der Waals surface area contributed by atoms with Gasteiger partial charge in [-0.25, -0.2) is 0 Å². The molecule has 1 heterocycles. The summed E-state index contributed by atoms with van der Waals surface area (Å²) in [6.07, 6.45) is 3.55. The number of hydrogen-bond donors (Lipinski definition) is 1. The van der Waals surface area contributed by atoms with Crippen LogP contribution in [0.2, 0.25) is 0 Å². The smallest absolute Gasteiger partial charge is 0.165 e. The maximum atomic E-state index is 9.08. The van der Waals surface area contributed by atoms with Crippen molar-refractivity contribution in [3.05, 3.63) is 40.6 Å². The second-order valence-electron chi connectivity index (χ2n) is 4.26. The van der Waals surface area contributed by atoms with Gasteiger partial charge in [0.1, 0.15) is 5.75 Å². The molecule has 0 fully saturated rings. The fourth-order valence-corrected chi connectivity index (χ4v) is 1.99. The van der Waals surface area contributed by atoms with Gasteiger partial charge in [-0.15, -0.1) is 0 Å². The Morgan fingerprint density at radius 1 is 1.39 bits per heavy atom. The molecule has 0 aliphatic rings. The lowest BCUT2D eigenvalue weighted by atomic mass is 10.2. The first-order valence-corrected chi connectivity index (χ1v) is 6.50. The van der Waals surface area contributed by atoms with Crippen molar-refractivity contribution in [1.82, 2.24) is 9.78 Å². The van der Waals surface area contributed by atoms with E-state index in [0.29, 0.717) is 17.5 Å². The van der Waals surface area contributed by atoms with Gasteiger partial charge >= 0.3 is 0 Å². The van der Waals surface area contributed by atoms with Crippen molar-refractivity contribution in [2.75, 3.05) is 0 Å². The zero-order valence-electron chi connectivity index (χ0n) is 10.3. The maximum Gasteiger partial charge on any atom is 0.165 e. The zero-order valence-corrected chi connectivity index (χ0v) is 11.9. The topological polar surface area (TPSA) is 47.3 Å². The second-order valence-corrected chi connectivity index (χ2v) is 5.12. The van der Waals surface area contributed by atoms with E-state index in [9.17, 15) is 0 Å². The normalized spacial score (nSPS) is 10.9. The lowest BCUT2D eigenvalue weighted by Gasteiger charge is -2.06. The van der Waals surface area contributed by atoms with Crippen LogP contribution in [0, 0.1) is 0 Å². The van der Waals surface area contributed by atoms with Crippen LogP contribution in [0.15, 0.2) is 35.1 Å². The molecule has 1 N–H and O–H groups in total. The molecule has 0 bridgehead atoms. The van der Waals surface area contributed by atoms with Crippen LogP contribution in [0.25, 0.3) is 0 Å². The third-order valence-corrected chi connectivity index (χ3v) is 3.28. The van der Waals surface area contributed by atoms with Crippen LogP contribution in [0.3, 0.4) is 0 Å². The molecule has 0 unspecified atom stereocenters. The molecule has 0 amide bonds. The van der Waals surface area contributed by atoms with Crippen molar-refractivity contribution in [3.63, 3.8) is 0 Å². The molecule has 0 aliphatic heterocycles. The summed E-state index contributed by atoms with van der Waals surface area (Å²) in [7, 11) is 0. The molecular weight excluding hydrogens is 296 g/mol. The monoisotopic (exact) mass is 310 g/mol. The molecule has 5 heteroatoms. The number of aromatic nitrogens is 2. The number of benzene rings is 1. The zero-order chi connectivity index (χ0) is 13.1. The predicted molar refractivity (Wildman–Crippen MR) is 72.8 cm³/mol. The number of aliphatic hydroxyl groups excluding tert-OH is 1. The average Bonchev–Trinajstić information content (AvgIpc) is 2.78. The molecule has 0 atom stereocenters. The van der Waals surface area contributed by atoms with Crippen LogP contribution in [0.4, 0.5) is 0 Å². The van der Waals surface area contributed by atoms with E-state index in [1.54, 1.807) is 6.20 Å². The minimum absolute atomic E-state index is 0.00610. The van der Waals surface area contributed by atoms with Crippen molar-refractivity contribution < 1.29 is 9.84 Å². The number of hydrogen-bond acceptors (Lipinski definition) is 3. The van der Waals surface area contributed by atoms with Gasteiger partial charge in [-0.1, -0.05) is 22.0 Å². The molecule has 0 aliphatic carbocycles. The largest absolute Gasteiger partial charge is 0.454 e. The molecule has 96 valence electrons. The second kappa shape index (κ2) is 5.54. The fourth-order valence-electron chi connectivity index (χ4n) is 1.51. The standard InChI is InChI=1S/C13H15BrN2O2/c1-9(2)16-7-12(6-15-16)18-11-4-3-10(8-17)13(14)5-11/h3-7,9,17H,8H2,1-2H3. The van der Waals surface area contributed by atoms with E-state index in [4.69, 9.17) is 9.84 Å². The van der Waals surface area contributed by atoms with Crippen molar-refractivity contribution in [3.8, 4) is 11.5 Å². The molecule has 1 aromatic heterocycles. The Morgan fingerprint density at radius 3 is 2.72 bits per heavy atom. The highest BCUT2D eigenvalue weighted by Crippen LogP contribution is 2.27. The Bertz CT molecular complexity index is 538. The molecule has 0 saturated carbocycles. The average molecular weight is 311 g/mol. The summed E-state index contributed by atoms with van der Waals surface area (Å²) in [5.41, 5.74) is 0.834. The summed E-state index contributed by atoms with van der Waals surface area (Å²) >= 11 is 3.39. The first-order chi connectivity index (χ1) is 8.60. The van der Waals surface area contributed by atoms with Crippen LogP contribution in [0.5, 0.6) is 11.5 Å². The van der Waals surface area contributed by atoms with Gasteiger partial charge in [-0.3, -0.25) is 4.68 Å². The Morgan fingerprint density at radius 2 is 2.17 bits per heavy atom. The highest BCUT2D eigenvalue weighted by Gasteiger charge is 2.05. The van der Waals surface area contributed by atoms with Gasteiger partial charge in [-0.05, 0) is 31.5 Å². The molecule has 4 nitrogen and oxygen atoms in total. The summed E-state index contributed by atoms with van der Waals surface area (Å²) in [5, 5.41) is 13.3. The van der Waals surface area contributed by atoms with E-state index in [-0.39, 0.29) is 6.61 Å². The number of rotatable bonds is 4. The van der Waals surface area contributed by atoms with Crippen LogP contribution in [0.1, 0.15) is 25.5 Å². The molecule has 2 rings (SSSR count).